The van der Waals surface area contributed by atoms with Crippen molar-refractivity contribution in [3.63, 3.8) is 0 Å². The minimum absolute atomic E-state index is 0.110. The summed E-state index contributed by atoms with van der Waals surface area (Å²) in [6.45, 7) is 1.65. The van der Waals surface area contributed by atoms with Crippen molar-refractivity contribution < 1.29 is 19.1 Å². The van der Waals surface area contributed by atoms with Crippen molar-refractivity contribution in [3.05, 3.63) is 36.1 Å². The van der Waals surface area contributed by atoms with Gasteiger partial charge in [-0.1, -0.05) is 18.2 Å². The zero-order valence-electron chi connectivity index (χ0n) is 9.84. The maximum Gasteiger partial charge on any atom is 0.305 e. The van der Waals surface area contributed by atoms with Crippen LogP contribution < -0.4 is 5.32 Å². The van der Waals surface area contributed by atoms with E-state index >= 15 is 0 Å². The van der Waals surface area contributed by atoms with Crippen molar-refractivity contribution in [1.82, 2.24) is 5.32 Å². The molecular weight excluding hydrogens is 234 g/mol. The van der Waals surface area contributed by atoms with Gasteiger partial charge in [-0.25, -0.2) is 0 Å². The second-order valence-corrected chi connectivity index (χ2v) is 4.12. The van der Waals surface area contributed by atoms with Gasteiger partial charge >= 0.3 is 5.97 Å². The molecule has 0 aliphatic carbocycles. The molecule has 0 saturated heterocycles. The second-order valence-electron chi connectivity index (χ2n) is 4.12. The maximum atomic E-state index is 11.9. The smallest absolute Gasteiger partial charge is 0.305 e. The number of hydrogen-bond acceptors (Lipinski definition) is 3. The average Bonchev–Trinajstić information content (AvgIpc) is 2.71. The fourth-order valence-corrected chi connectivity index (χ4v) is 1.77. The molecule has 0 spiro atoms. The topological polar surface area (TPSA) is 79.5 Å². The Bertz CT molecular complexity index is 587. The van der Waals surface area contributed by atoms with Crippen molar-refractivity contribution >= 4 is 22.8 Å². The highest BCUT2D eigenvalue weighted by molar-refractivity contribution is 6.06. The Morgan fingerprint density at radius 2 is 2.11 bits per heavy atom. The number of hydrogen-bond donors (Lipinski definition) is 2. The van der Waals surface area contributed by atoms with Gasteiger partial charge in [0.05, 0.1) is 12.0 Å². The number of carboxylic acids is 1. The van der Waals surface area contributed by atoms with Crippen molar-refractivity contribution in [2.75, 3.05) is 0 Å². The molecule has 2 rings (SSSR count). The lowest BCUT2D eigenvalue weighted by molar-refractivity contribution is -0.137. The van der Waals surface area contributed by atoms with Crippen LogP contribution in [0.4, 0.5) is 0 Å². The quantitative estimate of drug-likeness (QED) is 0.866. The van der Waals surface area contributed by atoms with E-state index in [2.05, 4.69) is 5.32 Å². The van der Waals surface area contributed by atoms with Crippen molar-refractivity contribution in [3.8, 4) is 0 Å². The van der Waals surface area contributed by atoms with Gasteiger partial charge in [0, 0.05) is 11.4 Å². The molecule has 2 aromatic rings. The Labute approximate surface area is 103 Å². The summed E-state index contributed by atoms with van der Waals surface area (Å²) in [5.74, 6) is -1.27. The van der Waals surface area contributed by atoms with E-state index in [1.807, 2.05) is 12.1 Å². The highest BCUT2D eigenvalue weighted by Gasteiger charge is 2.16. The van der Waals surface area contributed by atoms with Gasteiger partial charge in [-0.15, -0.1) is 0 Å². The highest BCUT2D eigenvalue weighted by atomic mass is 16.4. The summed E-state index contributed by atoms with van der Waals surface area (Å²) in [4.78, 5) is 22.5. The van der Waals surface area contributed by atoms with E-state index < -0.39 is 12.0 Å². The SMILES string of the molecule is CC(CC(=O)O)NC(=O)c1coc2ccccc12. The molecule has 1 atom stereocenters. The Balaban J connectivity index is 2.16. The van der Waals surface area contributed by atoms with Crippen LogP contribution >= 0.6 is 0 Å². The van der Waals surface area contributed by atoms with Gasteiger partial charge in [-0.05, 0) is 13.0 Å². The van der Waals surface area contributed by atoms with Crippen LogP contribution in [0.15, 0.2) is 34.9 Å². The number of nitrogens with one attached hydrogen (secondary N) is 1. The monoisotopic (exact) mass is 247 g/mol. The number of amides is 1. The first-order valence-corrected chi connectivity index (χ1v) is 5.57. The van der Waals surface area contributed by atoms with E-state index in [1.54, 1.807) is 19.1 Å². The van der Waals surface area contributed by atoms with Crippen LogP contribution in [0.1, 0.15) is 23.7 Å². The van der Waals surface area contributed by atoms with Crippen LogP contribution in [0.3, 0.4) is 0 Å². The summed E-state index contributed by atoms with van der Waals surface area (Å²) in [6, 6.07) is 6.77. The second kappa shape index (κ2) is 4.91. The normalized spacial score (nSPS) is 12.3. The number of benzene rings is 1. The molecule has 0 fully saturated rings. The van der Waals surface area contributed by atoms with Crippen molar-refractivity contribution in [2.24, 2.45) is 0 Å². The molecule has 1 amide bonds. The van der Waals surface area contributed by atoms with Crippen molar-refractivity contribution in [1.29, 1.82) is 0 Å². The van der Waals surface area contributed by atoms with Crippen LogP contribution in [0, 0.1) is 0 Å². The first kappa shape index (κ1) is 12.2. The van der Waals surface area contributed by atoms with Crippen LogP contribution in [0.2, 0.25) is 0 Å². The fraction of sp³-hybridized carbons (Fsp3) is 0.231. The van der Waals surface area contributed by atoms with Crippen LogP contribution in [-0.2, 0) is 4.79 Å². The number of para-hydroxylation sites is 1. The number of aliphatic carboxylic acids is 1. The zero-order chi connectivity index (χ0) is 13.1. The Kier molecular flexibility index (Phi) is 3.32. The molecule has 1 aromatic heterocycles. The highest BCUT2D eigenvalue weighted by Crippen LogP contribution is 2.20. The third-order valence-electron chi connectivity index (χ3n) is 2.58. The van der Waals surface area contributed by atoms with E-state index in [-0.39, 0.29) is 12.3 Å². The Morgan fingerprint density at radius 1 is 1.39 bits per heavy atom. The molecule has 18 heavy (non-hydrogen) atoms. The predicted octanol–water partition coefficient (Wildman–Crippen LogP) is 2.03. The standard InChI is InChI=1S/C13H13NO4/c1-8(6-12(15)16)14-13(17)10-7-18-11-5-3-2-4-9(10)11/h2-5,7-8H,6H2,1H3,(H,14,17)(H,15,16). The Morgan fingerprint density at radius 3 is 2.83 bits per heavy atom. The number of fused-ring (bicyclic) bond motifs is 1. The third kappa shape index (κ3) is 2.51. The van der Waals surface area contributed by atoms with Gasteiger partial charge in [0.1, 0.15) is 11.8 Å². The van der Waals surface area contributed by atoms with E-state index in [1.165, 1.54) is 6.26 Å². The number of carbonyl (C=O) groups excluding carboxylic acids is 1. The largest absolute Gasteiger partial charge is 0.481 e. The molecule has 5 heteroatoms. The van der Waals surface area contributed by atoms with Crippen LogP contribution in [0.25, 0.3) is 11.0 Å². The van der Waals surface area contributed by atoms with Crippen LogP contribution in [0.5, 0.6) is 0 Å². The molecule has 5 nitrogen and oxygen atoms in total. The van der Waals surface area contributed by atoms with Gasteiger partial charge < -0.3 is 14.8 Å². The van der Waals surface area contributed by atoms with E-state index in [4.69, 9.17) is 9.52 Å². The summed E-state index contributed by atoms with van der Waals surface area (Å²) in [6.07, 6.45) is 1.27. The summed E-state index contributed by atoms with van der Waals surface area (Å²) >= 11 is 0. The summed E-state index contributed by atoms with van der Waals surface area (Å²) in [5, 5.41) is 12.0. The lowest BCUT2D eigenvalue weighted by atomic mass is 10.1. The average molecular weight is 247 g/mol. The minimum Gasteiger partial charge on any atom is -0.481 e. The van der Waals surface area contributed by atoms with E-state index in [0.29, 0.717) is 11.1 Å². The molecule has 1 aromatic carbocycles. The number of rotatable bonds is 4. The Hall–Kier alpha value is -2.30. The molecule has 0 aliphatic rings. The first-order valence-electron chi connectivity index (χ1n) is 5.57. The molecule has 0 aliphatic heterocycles. The third-order valence-corrected chi connectivity index (χ3v) is 2.58. The van der Waals surface area contributed by atoms with Gasteiger partial charge in [0.25, 0.3) is 5.91 Å². The number of carboxylic acid groups (broad SMARTS) is 1. The molecule has 94 valence electrons. The summed E-state index contributed by atoms with van der Waals surface area (Å²) in [5.41, 5.74) is 1.05. The van der Waals surface area contributed by atoms with Crippen LogP contribution in [-0.4, -0.2) is 23.0 Å². The molecule has 1 unspecified atom stereocenters. The van der Waals surface area contributed by atoms with Crippen molar-refractivity contribution in [2.45, 2.75) is 19.4 Å². The van der Waals surface area contributed by atoms with E-state index in [9.17, 15) is 9.59 Å². The molecule has 1 heterocycles. The predicted molar refractivity (Wildman–Crippen MR) is 65.4 cm³/mol. The first-order chi connectivity index (χ1) is 8.58. The minimum atomic E-state index is -0.945. The molecular formula is C13H13NO4. The van der Waals surface area contributed by atoms with Gasteiger partial charge in [-0.3, -0.25) is 9.59 Å². The molecule has 0 bridgehead atoms. The molecule has 0 saturated carbocycles. The van der Waals surface area contributed by atoms with E-state index in [0.717, 1.165) is 5.39 Å². The fourth-order valence-electron chi connectivity index (χ4n) is 1.77. The van der Waals surface area contributed by atoms with Gasteiger partial charge in [-0.2, -0.15) is 0 Å². The molecule has 2 N–H and O–H groups in total. The lowest BCUT2D eigenvalue weighted by Crippen LogP contribution is -2.34. The van der Waals surface area contributed by atoms with Gasteiger partial charge in [0.2, 0.25) is 0 Å². The number of furan rings is 1. The molecule has 0 radical (unpaired) electrons. The summed E-state index contributed by atoms with van der Waals surface area (Å²) < 4.78 is 5.26. The summed E-state index contributed by atoms with van der Waals surface area (Å²) in [7, 11) is 0. The number of carbonyl (C=O) groups is 2. The lowest BCUT2D eigenvalue weighted by Gasteiger charge is -2.10. The van der Waals surface area contributed by atoms with Gasteiger partial charge in [0.15, 0.2) is 0 Å². The maximum absolute atomic E-state index is 11.9. The zero-order valence-corrected chi connectivity index (χ0v) is 9.84.